The molecule has 0 spiro atoms. The molecule has 1 N–H and O–H groups in total. The Hall–Kier alpha value is -1.67. The maximum Gasteiger partial charge on any atom is 0.333 e. The second-order valence-corrected chi connectivity index (χ2v) is 4.73. The summed E-state index contributed by atoms with van der Waals surface area (Å²) in [5.74, 6) is 0.421. The number of nitro groups is 1. The molecule has 0 radical (unpaired) electrons. The van der Waals surface area contributed by atoms with Gasteiger partial charge in [0.15, 0.2) is 0 Å². The van der Waals surface area contributed by atoms with Crippen LogP contribution in [0.4, 0.5) is 11.5 Å². The van der Waals surface area contributed by atoms with Gasteiger partial charge in [-0.1, -0.05) is 6.92 Å². The van der Waals surface area contributed by atoms with E-state index >= 15 is 0 Å². The van der Waals surface area contributed by atoms with Gasteiger partial charge in [0.05, 0.1) is 17.6 Å². The highest BCUT2D eigenvalue weighted by Crippen LogP contribution is 2.31. The third-order valence-electron chi connectivity index (χ3n) is 2.89. The Balaban J connectivity index is 3.09. The van der Waals surface area contributed by atoms with Crippen LogP contribution in [0.3, 0.4) is 0 Å². The zero-order valence-electron chi connectivity index (χ0n) is 12.4. The molecule has 1 unspecified atom stereocenters. The molecule has 1 rings (SSSR count). The number of aliphatic hydroxyl groups is 1. The van der Waals surface area contributed by atoms with E-state index in [9.17, 15) is 15.2 Å². The molecule has 20 heavy (non-hydrogen) atoms. The fourth-order valence-corrected chi connectivity index (χ4v) is 2.17. The van der Waals surface area contributed by atoms with Crippen molar-refractivity contribution in [3.05, 3.63) is 15.8 Å². The third-order valence-corrected chi connectivity index (χ3v) is 2.89. The molecule has 0 aliphatic carbocycles. The first-order valence-corrected chi connectivity index (χ1v) is 6.52. The van der Waals surface area contributed by atoms with E-state index in [1.54, 1.807) is 23.6 Å². The van der Waals surface area contributed by atoms with Crippen molar-refractivity contribution in [3.63, 3.8) is 0 Å². The van der Waals surface area contributed by atoms with Gasteiger partial charge < -0.3 is 14.7 Å². The van der Waals surface area contributed by atoms with Gasteiger partial charge >= 0.3 is 5.69 Å². The largest absolute Gasteiger partial charge is 0.389 e. The SMILES string of the molecule is CCCn1nc(C)c([N+](=O)[O-])c1N(C)CC(O)COC. The molecule has 0 aromatic carbocycles. The van der Waals surface area contributed by atoms with Crippen LogP contribution in [-0.2, 0) is 11.3 Å². The molecular weight excluding hydrogens is 264 g/mol. The molecule has 1 atom stereocenters. The van der Waals surface area contributed by atoms with Crippen molar-refractivity contribution in [1.29, 1.82) is 0 Å². The summed E-state index contributed by atoms with van der Waals surface area (Å²) in [7, 11) is 3.20. The Bertz CT molecular complexity index is 461. The van der Waals surface area contributed by atoms with E-state index in [-0.39, 0.29) is 18.8 Å². The topological polar surface area (TPSA) is 93.7 Å². The molecule has 0 aliphatic heterocycles. The molecule has 0 saturated heterocycles. The number of anilines is 1. The highest BCUT2D eigenvalue weighted by Gasteiger charge is 2.28. The molecule has 1 heterocycles. The van der Waals surface area contributed by atoms with Crippen LogP contribution < -0.4 is 4.90 Å². The van der Waals surface area contributed by atoms with Crippen LogP contribution in [0.1, 0.15) is 19.0 Å². The second-order valence-electron chi connectivity index (χ2n) is 4.73. The summed E-state index contributed by atoms with van der Waals surface area (Å²) in [5.41, 5.74) is 0.372. The van der Waals surface area contributed by atoms with E-state index in [1.807, 2.05) is 6.92 Å². The Morgan fingerprint density at radius 2 is 2.25 bits per heavy atom. The second kappa shape index (κ2) is 7.20. The van der Waals surface area contributed by atoms with Gasteiger partial charge in [-0.05, 0) is 13.3 Å². The number of aromatic nitrogens is 2. The van der Waals surface area contributed by atoms with Crippen LogP contribution in [0, 0.1) is 17.0 Å². The first-order valence-electron chi connectivity index (χ1n) is 6.52. The van der Waals surface area contributed by atoms with Gasteiger partial charge in [-0.25, -0.2) is 4.68 Å². The lowest BCUT2D eigenvalue weighted by atomic mass is 10.3. The summed E-state index contributed by atoms with van der Waals surface area (Å²) in [6, 6.07) is 0. The molecule has 1 aromatic rings. The van der Waals surface area contributed by atoms with Crippen molar-refractivity contribution in [2.45, 2.75) is 32.9 Å². The van der Waals surface area contributed by atoms with Gasteiger partial charge in [-0.3, -0.25) is 10.1 Å². The van der Waals surface area contributed by atoms with Crippen molar-refractivity contribution < 1.29 is 14.8 Å². The number of aryl methyl sites for hydroxylation is 2. The molecule has 0 saturated carbocycles. The quantitative estimate of drug-likeness (QED) is 0.565. The summed E-state index contributed by atoms with van der Waals surface area (Å²) in [5, 5.41) is 25.2. The van der Waals surface area contributed by atoms with E-state index in [1.165, 1.54) is 7.11 Å². The average molecular weight is 286 g/mol. The molecule has 0 bridgehead atoms. The lowest BCUT2D eigenvalue weighted by Gasteiger charge is -2.22. The minimum atomic E-state index is -0.713. The van der Waals surface area contributed by atoms with E-state index in [2.05, 4.69) is 5.10 Å². The zero-order valence-corrected chi connectivity index (χ0v) is 12.4. The maximum atomic E-state index is 11.2. The van der Waals surface area contributed by atoms with Crippen LogP contribution >= 0.6 is 0 Å². The highest BCUT2D eigenvalue weighted by atomic mass is 16.6. The number of hydrogen-bond acceptors (Lipinski definition) is 6. The summed E-state index contributed by atoms with van der Waals surface area (Å²) < 4.78 is 6.49. The van der Waals surface area contributed by atoms with Crippen molar-refractivity contribution >= 4 is 11.5 Å². The van der Waals surface area contributed by atoms with Crippen LogP contribution in [-0.4, -0.2) is 53.2 Å². The average Bonchev–Trinajstić information content (AvgIpc) is 2.66. The number of hydrogen-bond donors (Lipinski definition) is 1. The number of nitrogens with zero attached hydrogens (tertiary/aromatic N) is 4. The molecule has 8 heteroatoms. The van der Waals surface area contributed by atoms with E-state index in [0.29, 0.717) is 18.1 Å². The standard InChI is InChI=1S/C12H22N4O4/c1-5-6-15-12(11(16(18)19)9(2)13-15)14(3)7-10(17)8-20-4/h10,17H,5-8H2,1-4H3. The summed E-state index contributed by atoms with van der Waals surface area (Å²) in [4.78, 5) is 12.4. The molecule has 1 aromatic heterocycles. The van der Waals surface area contributed by atoms with Gasteiger partial charge in [0, 0.05) is 27.2 Å². The van der Waals surface area contributed by atoms with Crippen molar-refractivity contribution in [2.24, 2.45) is 0 Å². The minimum Gasteiger partial charge on any atom is -0.389 e. The van der Waals surface area contributed by atoms with Gasteiger partial charge in [0.25, 0.3) is 0 Å². The van der Waals surface area contributed by atoms with E-state index in [4.69, 9.17) is 4.74 Å². The molecule has 0 aliphatic rings. The fourth-order valence-electron chi connectivity index (χ4n) is 2.17. The summed E-state index contributed by atoms with van der Waals surface area (Å²) in [6.45, 7) is 4.61. The van der Waals surface area contributed by atoms with Crippen molar-refractivity contribution in [3.8, 4) is 0 Å². The smallest absolute Gasteiger partial charge is 0.333 e. The third kappa shape index (κ3) is 3.67. The minimum absolute atomic E-state index is 0.00873. The first-order chi connectivity index (χ1) is 9.42. The molecule has 114 valence electrons. The Labute approximate surface area is 118 Å². The van der Waals surface area contributed by atoms with Gasteiger partial charge in [-0.15, -0.1) is 0 Å². The first kappa shape index (κ1) is 16.4. The zero-order chi connectivity index (χ0) is 15.3. The number of methoxy groups -OCH3 is 1. The molecule has 0 fully saturated rings. The highest BCUT2D eigenvalue weighted by molar-refractivity contribution is 5.61. The molecular formula is C12H22N4O4. The number of aliphatic hydroxyl groups excluding tert-OH is 1. The Morgan fingerprint density at radius 3 is 2.75 bits per heavy atom. The molecule has 0 amide bonds. The van der Waals surface area contributed by atoms with Crippen LogP contribution in [0.2, 0.25) is 0 Å². The van der Waals surface area contributed by atoms with E-state index in [0.717, 1.165) is 6.42 Å². The predicted molar refractivity (Wildman–Crippen MR) is 75.1 cm³/mol. The summed E-state index contributed by atoms with van der Waals surface area (Å²) >= 11 is 0. The fraction of sp³-hybridized carbons (Fsp3) is 0.750. The number of likely N-dealkylation sites (N-methyl/N-ethyl adjacent to an activating group) is 1. The van der Waals surface area contributed by atoms with Crippen LogP contribution in [0.5, 0.6) is 0 Å². The van der Waals surface area contributed by atoms with E-state index < -0.39 is 11.0 Å². The van der Waals surface area contributed by atoms with Crippen molar-refractivity contribution in [1.82, 2.24) is 9.78 Å². The van der Waals surface area contributed by atoms with Crippen LogP contribution in [0.25, 0.3) is 0 Å². The lowest BCUT2D eigenvalue weighted by molar-refractivity contribution is -0.384. The normalized spacial score (nSPS) is 12.4. The maximum absolute atomic E-state index is 11.2. The monoisotopic (exact) mass is 286 g/mol. The number of rotatable bonds is 8. The number of ether oxygens (including phenoxy) is 1. The van der Waals surface area contributed by atoms with Crippen LogP contribution in [0.15, 0.2) is 0 Å². The van der Waals surface area contributed by atoms with Gasteiger partial charge in [0.1, 0.15) is 5.69 Å². The Morgan fingerprint density at radius 1 is 1.60 bits per heavy atom. The van der Waals surface area contributed by atoms with Crippen molar-refractivity contribution in [2.75, 3.05) is 32.2 Å². The summed E-state index contributed by atoms with van der Waals surface area (Å²) in [6.07, 6.45) is 0.106. The van der Waals surface area contributed by atoms with Gasteiger partial charge in [-0.2, -0.15) is 5.10 Å². The predicted octanol–water partition coefficient (Wildman–Crippen LogP) is 0.953. The van der Waals surface area contributed by atoms with Gasteiger partial charge in [0.2, 0.25) is 5.82 Å². The lowest BCUT2D eigenvalue weighted by Crippen LogP contribution is -2.33. The molecule has 8 nitrogen and oxygen atoms in total. The Kier molecular flexibility index (Phi) is 5.90.